The Hall–Kier alpha value is -2.87. The van der Waals surface area contributed by atoms with Crippen LogP contribution in [0, 0.1) is 0 Å². The van der Waals surface area contributed by atoms with Gasteiger partial charge in [0, 0.05) is 24.9 Å². The van der Waals surface area contributed by atoms with Crippen LogP contribution in [0.1, 0.15) is 60.6 Å². The normalized spacial score (nSPS) is 15.2. The third kappa shape index (κ3) is 8.08. The van der Waals surface area contributed by atoms with Gasteiger partial charge in [-0.25, -0.2) is 0 Å². The Bertz CT molecular complexity index is 1020. The number of aliphatic hydroxyl groups excluding tert-OH is 1. The van der Waals surface area contributed by atoms with Gasteiger partial charge in [-0.05, 0) is 80.7 Å². The third-order valence-electron chi connectivity index (χ3n) is 6.36. The SMILES string of the molecule is C=COc1ccc([C@@H](O)[C@@H](CN2CCCC2)NC(=O)CCCCC(=O)c2ccc(OC)cc2)cc1Cl. The lowest BCUT2D eigenvalue weighted by atomic mass is 10.0. The molecule has 0 bridgehead atoms. The highest BCUT2D eigenvalue weighted by molar-refractivity contribution is 6.32. The van der Waals surface area contributed by atoms with Crippen molar-refractivity contribution in [2.45, 2.75) is 50.7 Å². The fourth-order valence-electron chi connectivity index (χ4n) is 4.36. The van der Waals surface area contributed by atoms with Gasteiger partial charge in [-0.3, -0.25) is 9.59 Å². The van der Waals surface area contributed by atoms with Crippen molar-refractivity contribution >= 4 is 23.3 Å². The quantitative estimate of drug-likeness (QED) is 0.211. The van der Waals surface area contributed by atoms with Crippen LogP contribution >= 0.6 is 11.6 Å². The number of halogens is 1. The standard InChI is InChI=1S/C28H35ClN2O5/c1-3-36-26-15-12-21(18-23(26)29)28(34)24(19-31-16-6-7-17-31)30-27(33)9-5-4-8-25(32)20-10-13-22(35-2)14-11-20/h3,10-15,18,24,28,34H,1,4-9,16-17,19H2,2H3,(H,30,33)/t24-,28-/m1/s1. The number of aliphatic hydroxyl groups is 1. The molecule has 2 atom stereocenters. The molecule has 194 valence electrons. The highest BCUT2D eigenvalue weighted by Crippen LogP contribution is 2.30. The van der Waals surface area contributed by atoms with Crippen molar-refractivity contribution in [3.8, 4) is 11.5 Å². The molecule has 0 aliphatic carbocycles. The molecule has 0 aromatic heterocycles. The first-order valence-corrected chi connectivity index (χ1v) is 12.7. The summed E-state index contributed by atoms with van der Waals surface area (Å²) in [5, 5.41) is 14.5. The van der Waals surface area contributed by atoms with Gasteiger partial charge in [-0.15, -0.1) is 0 Å². The molecule has 0 radical (unpaired) electrons. The average Bonchev–Trinajstić information content (AvgIpc) is 3.40. The Morgan fingerprint density at radius 1 is 1.14 bits per heavy atom. The lowest BCUT2D eigenvalue weighted by molar-refractivity contribution is -0.123. The number of benzene rings is 2. The van der Waals surface area contributed by atoms with E-state index in [2.05, 4.69) is 16.8 Å². The number of ketones is 1. The van der Waals surface area contributed by atoms with Crippen molar-refractivity contribution in [1.82, 2.24) is 10.2 Å². The second-order valence-electron chi connectivity index (χ2n) is 8.96. The van der Waals surface area contributed by atoms with Crippen LogP contribution in [0.5, 0.6) is 11.5 Å². The molecule has 8 heteroatoms. The van der Waals surface area contributed by atoms with Crippen LogP contribution < -0.4 is 14.8 Å². The Balaban J connectivity index is 1.54. The minimum Gasteiger partial charge on any atom is -0.497 e. The van der Waals surface area contributed by atoms with Gasteiger partial charge in [0.25, 0.3) is 0 Å². The molecule has 1 aliphatic rings. The smallest absolute Gasteiger partial charge is 0.220 e. The van der Waals surface area contributed by atoms with Crippen LogP contribution in [-0.2, 0) is 4.79 Å². The lowest BCUT2D eigenvalue weighted by Gasteiger charge is -2.29. The fraction of sp³-hybridized carbons (Fsp3) is 0.429. The van der Waals surface area contributed by atoms with E-state index in [9.17, 15) is 14.7 Å². The van der Waals surface area contributed by atoms with Gasteiger partial charge in [0.05, 0.1) is 24.4 Å². The van der Waals surface area contributed by atoms with Crippen LogP contribution in [0.3, 0.4) is 0 Å². The van der Waals surface area contributed by atoms with Crippen LogP contribution in [0.4, 0.5) is 0 Å². The molecule has 3 rings (SSSR count). The van der Waals surface area contributed by atoms with Gasteiger partial charge in [0.1, 0.15) is 17.6 Å². The van der Waals surface area contributed by atoms with Crippen LogP contribution in [0.2, 0.25) is 5.02 Å². The maximum Gasteiger partial charge on any atom is 0.220 e. The topological polar surface area (TPSA) is 88.1 Å². The van der Waals surface area contributed by atoms with Gasteiger partial charge < -0.3 is 24.8 Å². The minimum absolute atomic E-state index is 0.0427. The van der Waals surface area contributed by atoms with Gasteiger partial charge in [0.2, 0.25) is 5.91 Å². The molecule has 1 heterocycles. The van der Waals surface area contributed by atoms with Gasteiger partial charge in [-0.2, -0.15) is 0 Å². The van der Waals surface area contributed by atoms with Crippen molar-refractivity contribution < 1.29 is 24.2 Å². The van der Waals surface area contributed by atoms with E-state index < -0.39 is 12.1 Å². The number of nitrogens with zero attached hydrogens (tertiary/aromatic N) is 1. The van der Waals surface area contributed by atoms with Crippen LogP contribution in [-0.4, -0.2) is 54.5 Å². The van der Waals surface area contributed by atoms with E-state index in [-0.39, 0.29) is 18.1 Å². The number of likely N-dealkylation sites (tertiary alicyclic amines) is 1. The van der Waals surface area contributed by atoms with E-state index in [1.165, 1.54) is 6.26 Å². The minimum atomic E-state index is -0.929. The van der Waals surface area contributed by atoms with Crippen molar-refractivity contribution in [3.05, 3.63) is 71.5 Å². The Morgan fingerprint density at radius 2 is 1.83 bits per heavy atom. The zero-order valence-corrected chi connectivity index (χ0v) is 21.5. The number of amides is 1. The zero-order valence-electron chi connectivity index (χ0n) is 20.7. The number of hydrogen-bond donors (Lipinski definition) is 2. The summed E-state index contributed by atoms with van der Waals surface area (Å²) in [6, 6.07) is 11.6. The highest BCUT2D eigenvalue weighted by atomic mass is 35.5. The molecule has 1 saturated heterocycles. The first-order valence-electron chi connectivity index (χ1n) is 12.3. The molecule has 36 heavy (non-hydrogen) atoms. The fourth-order valence-corrected chi connectivity index (χ4v) is 4.59. The summed E-state index contributed by atoms with van der Waals surface area (Å²) in [5.74, 6) is 1.05. The molecule has 1 fully saturated rings. The maximum atomic E-state index is 12.8. The van der Waals surface area contributed by atoms with Crippen molar-refractivity contribution in [3.63, 3.8) is 0 Å². The Labute approximate surface area is 218 Å². The zero-order chi connectivity index (χ0) is 25.9. The number of nitrogens with one attached hydrogen (secondary N) is 1. The molecule has 7 nitrogen and oxygen atoms in total. The third-order valence-corrected chi connectivity index (χ3v) is 6.65. The van der Waals surface area contributed by atoms with Crippen molar-refractivity contribution in [2.75, 3.05) is 26.7 Å². The van der Waals surface area contributed by atoms with E-state index in [1.807, 2.05) is 0 Å². The first kappa shape index (κ1) is 27.7. The van der Waals surface area contributed by atoms with E-state index in [4.69, 9.17) is 21.1 Å². The van der Waals surface area contributed by atoms with E-state index in [0.29, 0.717) is 53.5 Å². The number of methoxy groups -OCH3 is 1. The van der Waals surface area contributed by atoms with Gasteiger partial charge in [-0.1, -0.05) is 24.2 Å². The number of rotatable bonds is 14. The number of unbranched alkanes of at least 4 members (excludes halogenated alkanes) is 1. The molecular weight excluding hydrogens is 480 g/mol. The summed E-state index contributed by atoms with van der Waals surface area (Å²) in [7, 11) is 1.58. The molecule has 0 unspecified atom stereocenters. The Kier molecular flexibility index (Phi) is 10.8. The summed E-state index contributed by atoms with van der Waals surface area (Å²) in [6.45, 7) is 5.96. The second-order valence-corrected chi connectivity index (χ2v) is 9.37. The predicted molar refractivity (Wildman–Crippen MR) is 141 cm³/mol. The monoisotopic (exact) mass is 514 g/mol. The molecule has 0 saturated carbocycles. The summed E-state index contributed by atoms with van der Waals surface area (Å²) >= 11 is 6.29. The van der Waals surface area contributed by atoms with E-state index in [1.54, 1.807) is 49.6 Å². The lowest BCUT2D eigenvalue weighted by Crippen LogP contribution is -2.46. The summed E-state index contributed by atoms with van der Waals surface area (Å²) < 4.78 is 10.4. The highest BCUT2D eigenvalue weighted by Gasteiger charge is 2.27. The van der Waals surface area contributed by atoms with Crippen molar-refractivity contribution in [2.24, 2.45) is 0 Å². The van der Waals surface area contributed by atoms with Gasteiger partial charge >= 0.3 is 0 Å². The largest absolute Gasteiger partial charge is 0.497 e. The molecule has 2 aromatic rings. The van der Waals surface area contributed by atoms with Crippen molar-refractivity contribution in [1.29, 1.82) is 0 Å². The predicted octanol–water partition coefficient (Wildman–Crippen LogP) is 4.93. The Morgan fingerprint density at radius 3 is 2.47 bits per heavy atom. The molecule has 2 N–H and O–H groups in total. The number of Topliss-reactive ketones (excluding diaryl/α,β-unsaturated/α-hetero) is 1. The summed E-state index contributed by atoms with van der Waals surface area (Å²) in [4.78, 5) is 27.4. The number of hydrogen-bond acceptors (Lipinski definition) is 6. The molecular formula is C28H35ClN2O5. The summed E-state index contributed by atoms with van der Waals surface area (Å²) in [6.07, 6.45) is 4.43. The average molecular weight is 515 g/mol. The summed E-state index contributed by atoms with van der Waals surface area (Å²) in [5.41, 5.74) is 1.24. The number of carbonyl (C=O) groups is 2. The van der Waals surface area contributed by atoms with Crippen LogP contribution in [0.25, 0.3) is 0 Å². The number of carbonyl (C=O) groups excluding carboxylic acids is 2. The van der Waals surface area contributed by atoms with Crippen LogP contribution in [0.15, 0.2) is 55.3 Å². The van der Waals surface area contributed by atoms with E-state index in [0.717, 1.165) is 25.9 Å². The molecule has 1 amide bonds. The molecule has 0 spiro atoms. The maximum absolute atomic E-state index is 12.8. The molecule has 1 aliphatic heterocycles. The van der Waals surface area contributed by atoms with E-state index >= 15 is 0 Å². The first-order chi connectivity index (χ1) is 17.4. The second kappa shape index (κ2) is 14.0. The van der Waals surface area contributed by atoms with Gasteiger partial charge in [0.15, 0.2) is 5.78 Å². The molecule has 2 aromatic carbocycles. The number of ether oxygens (including phenoxy) is 2.